The van der Waals surface area contributed by atoms with Crippen LogP contribution < -0.4 is 0 Å². The van der Waals surface area contributed by atoms with E-state index in [4.69, 9.17) is 5.11 Å². The van der Waals surface area contributed by atoms with Gasteiger partial charge < -0.3 is 5.11 Å². The van der Waals surface area contributed by atoms with Crippen LogP contribution in [0, 0.1) is 11.8 Å². The highest BCUT2D eigenvalue weighted by Gasteiger charge is 2.18. The zero-order chi connectivity index (χ0) is 15.1. The molecule has 1 aromatic rings. The Labute approximate surface area is 126 Å². The molecule has 1 aromatic carbocycles. The molecule has 2 rings (SSSR count). The molecule has 0 atom stereocenters. The molecule has 1 aliphatic rings. The van der Waals surface area contributed by atoms with E-state index in [1.807, 2.05) is 24.3 Å². The largest absolute Gasteiger partial charge is 0.395 e. The maximum absolute atomic E-state index is 11.6. The second-order valence-electron chi connectivity index (χ2n) is 5.25. The molecule has 1 fully saturated rings. The number of aliphatic hydroxyl groups is 1. The Morgan fingerprint density at radius 3 is 2.62 bits per heavy atom. The van der Waals surface area contributed by atoms with Gasteiger partial charge >= 0.3 is 0 Å². The van der Waals surface area contributed by atoms with E-state index in [9.17, 15) is 8.42 Å². The molecule has 0 spiro atoms. The number of nitrogens with zero attached hydrogens (tertiary/aromatic N) is 1. The molecule has 0 aromatic heterocycles. The normalized spacial score (nSPS) is 18.5. The number of benzene rings is 1. The molecule has 0 radical (unpaired) electrons. The lowest BCUT2D eigenvalue weighted by atomic mass is 10.1. The summed E-state index contributed by atoms with van der Waals surface area (Å²) in [5.41, 5.74) is 2.10. The standard InChI is InChI=1S/C16H21NO3S/c18-11-2-1-4-15-5-7-16(8-6-15)14-17-9-3-12-21(19,20)13-10-17/h5-8,18H,2-3,9-14H2. The Bertz CT molecular complexity index is 611. The van der Waals surface area contributed by atoms with Crippen LogP contribution in [0.1, 0.15) is 24.0 Å². The Kier molecular flexibility index (Phi) is 5.80. The summed E-state index contributed by atoms with van der Waals surface area (Å²) in [6.07, 6.45) is 1.21. The van der Waals surface area contributed by atoms with Crippen molar-refractivity contribution in [3.63, 3.8) is 0 Å². The fraction of sp³-hybridized carbons (Fsp3) is 0.500. The third-order valence-electron chi connectivity index (χ3n) is 3.48. The van der Waals surface area contributed by atoms with E-state index in [1.54, 1.807) is 0 Å². The summed E-state index contributed by atoms with van der Waals surface area (Å²) in [6.45, 7) is 2.31. The molecule has 1 aliphatic heterocycles. The fourth-order valence-corrected chi connectivity index (χ4v) is 3.63. The predicted octanol–water partition coefficient (Wildman–Crippen LogP) is 1.04. The minimum absolute atomic E-state index is 0.0863. The van der Waals surface area contributed by atoms with Gasteiger partial charge in [-0.1, -0.05) is 24.0 Å². The highest BCUT2D eigenvalue weighted by Crippen LogP contribution is 2.11. The van der Waals surface area contributed by atoms with Gasteiger partial charge in [0.05, 0.1) is 18.1 Å². The van der Waals surface area contributed by atoms with Gasteiger partial charge in [0.15, 0.2) is 9.84 Å². The van der Waals surface area contributed by atoms with E-state index in [0.717, 1.165) is 18.7 Å². The third-order valence-corrected chi connectivity index (χ3v) is 5.19. The maximum Gasteiger partial charge on any atom is 0.151 e. The van der Waals surface area contributed by atoms with Gasteiger partial charge in [-0.15, -0.1) is 0 Å². The fourth-order valence-electron chi connectivity index (χ4n) is 2.32. The second kappa shape index (κ2) is 7.60. The van der Waals surface area contributed by atoms with Crippen LogP contribution in [0.3, 0.4) is 0 Å². The van der Waals surface area contributed by atoms with Crippen molar-refractivity contribution in [2.75, 3.05) is 31.2 Å². The topological polar surface area (TPSA) is 57.6 Å². The molecule has 0 unspecified atom stereocenters. The average molecular weight is 307 g/mol. The summed E-state index contributed by atoms with van der Waals surface area (Å²) in [7, 11) is -2.84. The van der Waals surface area contributed by atoms with Gasteiger partial charge in [0.2, 0.25) is 0 Å². The van der Waals surface area contributed by atoms with Crippen LogP contribution in [0.4, 0.5) is 0 Å². The van der Waals surface area contributed by atoms with Crippen LogP contribution in [0.15, 0.2) is 24.3 Å². The monoisotopic (exact) mass is 307 g/mol. The minimum atomic E-state index is -2.84. The molecule has 114 valence electrons. The van der Waals surface area contributed by atoms with Gasteiger partial charge in [-0.05, 0) is 30.7 Å². The SMILES string of the molecule is O=S1(=O)CCCN(Cc2ccc(C#CCCO)cc2)CC1. The Hall–Kier alpha value is -1.35. The first-order chi connectivity index (χ1) is 10.1. The van der Waals surface area contributed by atoms with Crippen molar-refractivity contribution in [1.82, 2.24) is 4.90 Å². The van der Waals surface area contributed by atoms with Crippen molar-refractivity contribution in [2.24, 2.45) is 0 Å². The second-order valence-corrected chi connectivity index (χ2v) is 7.56. The lowest BCUT2D eigenvalue weighted by molar-refractivity contribution is 0.287. The van der Waals surface area contributed by atoms with Crippen LogP contribution in [-0.2, 0) is 16.4 Å². The summed E-state index contributed by atoms with van der Waals surface area (Å²) in [5.74, 6) is 6.46. The lowest BCUT2D eigenvalue weighted by Crippen LogP contribution is -2.26. The van der Waals surface area contributed by atoms with E-state index < -0.39 is 9.84 Å². The van der Waals surface area contributed by atoms with Gasteiger partial charge in [-0.25, -0.2) is 8.42 Å². The van der Waals surface area contributed by atoms with Gasteiger partial charge in [0, 0.05) is 25.1 Å². The molecule has 0 saturated carbocycles. The number of rotatable bonds is 3. The van der Waals surface area contributed by atoms with Crippen molar-refractivity contribution < 1.29 is 13.5 Å². The van der Waals surface area contributed by atoms with Gasteiger partial charge in [-0.2, -0.15) is 0 Å². The van der Waals surface area contributed by atoms with Crippen molar-refractivity contribution in [2.45, 2.75) is 19.4 Å². The van der Waals surface area contributed by atoms with Gasteiger partial charge in [-0.3, -0.25) is 4.90 Å². The van der Waals surface area contributed by atoms with Crippen LogP contribution in [0.25, 0.3) is 0 Å². The highest BCUT2D eigenvalue weighted by molar-refractivity contribution is 7.91. The molecular weight excluding hydrogens is 286 g/mol. The van der Waals surface area contributed by atoms with Crippen LogP contribution >= 0.6 is 0 Å². The Morgan fingerprint density at radius 2 is 1.90 bits per heavy atom. The van der Waals surface area contributed by atoms with Gasteiger partial charge in [0.25, 0.3) is 0 Å². The zero-order valence-corrected chi connectivity index (χ0v) is 12.9. The first kappa shape index (κ1) is 16.0. The molecule has 0 bridgehead atoms. The molecule has 5 heteroatoms. The average Bonchev–Trinajstić information content (AvgIpc) is 2.62. The third kappa shape index (κ3) is 5.50. The first-order valence-electron chi connectivity index (χ1n) is 7.20. The summed E-state index contributed by atoms with van der Waals surface area (Å²) < 4.78 is 23.2. The number of hydrogen-bond acceptors (Lipinski definition) is 4. The van der Waals surface area contributed by atoms with E-state index in [0.29, 0.717) is 25.1 Å². The van der Waals surface area contributed by atoms with Crippen molar-refractivity contribution >= 4 is 9.84 Å². The molecule has 21 heavy (non-hydrogen) atoms. The molecule has 4 nitrogen and oxygen atoms in total. The molecular formula is C16H21NO3S. The molecule has 1 heterocycles. The molecule has 0 aliphatic carbocycles. The number of sulfone groups is 1. The van der Waals surface area contributed by atoms with Crippen LogP contribution in [0.2, 0.25) is 0 Å². The Balaban J connectivity index is 1.93. The maximum atomic E-state index is 11.6. The highest BCUT2D eigenvalue weighted by atomic mass is 32.2. The summed E-state index contributed by atoms with van der Waals surface area (Å²) in [4.78, 5) is 2.19. The summed E-state index contributed by atoms with van der Waals surface area (Å²) in [5, 5.41) is 8.68. The van der Waals surface area contributed by atoms with Crippen molar-refractivity contribution in [3.05, 3.63) is 35.4 Å². The summed E-state index contributed by atoms with van der Waals surface area (Å²) >= 11 is 0. The van der Waals surface area contributed by atoms with E-state index >= 15 is 0 Å². The smallest absolute Gasteiger partial charge is 0.151 e. The van der Waals surface area contributed by atoms with Gasteiger partial charge in [0.1, 0.15) is 0 Å². The van der Waals surface area contributed by atoms with Crippen molar-refractivity contribution in [3.8, 4) is 11.8 Å². The Morgan fingerprint density at radius 1 is 1.14 bits per heavy atom. The minimum Gasteiger partial charge on any atom is -0.395 e. The molecule has 0 amide bonds. The van der Waals surface area contributed by atoms with Crippen LogP contribution in [0.5, 0.6) is 0 Å². The van der Waals surface area contributed by atoms with Crippen molar-refractivity contribution in [1.29, 1.82) is 0 Å². The zero-order valence-electron chi connectivity index (χ0n) is 12.1. The van der Waals surface area contributed by atoms with E-state index in [1.165, 1.54) is 5.56 Å². The number of aliphatic hydroxyl groups excluding tert-OH is 1. The molecule has 1 saturated heterocycles. The molecule has 1 N–H and O–H groups in total. The predicted molar refractivity (Wildman–Crippen MR) is 83.6 cm³/mol. The van der Waals surface area contributed by atoms with E-state index in [2.05, 4.69) is 16.7 Å². The lowest BCUT2D eigenvalue weighted by Gasteiger charge is -2.19. The quantitative estimate of drug-likeness (QED) is 0.848. The number of hydrogen-bond donors (Lipinski definition) is 1. The first-order valence-corrected chi connectivity index (χ1v) is 9.03. The van der Waals surface area contributed by atoms with E-state index in [-0.39, 0.29) is 12.4 Å². The van der Waals surface area contributed by atoms with Crippen LogP contribution in [-0.4, -0.2) is 49.6 Å². The summed E-state index contributed by atoms with van der Waals surface area (Å²) in [6, 6.07) is 7.99.